The van der Waals surface area contributed by atoms with Crippen LogP contribution in [0.2, 0.25) is 0 Å². The molecule has 0 aliphatic heterocycles. The second-order valence-corrected chi connectivity index (χ2v) is 7.49. The predicted molar refractivity (Wildman–Crippen MR) is 80.6 cm³/mol. The third kappa shape index (κ3) is 4.25. The maximum absolute atomic E-state index is 11.8. The van der Waals surface area contributed by atoms with Crippen molar-refractivity contribution in [2.24, 2.45) is 5.92 Å². The van der Waals surface area contributed by atoms with Gasteiger partial charge in [-0.2, -0.15) is 0 Å². The molecule has 2 rings (SSSR count). The van der Waals surface area contributed by atoms with Gasteiger partial charge in [-0.3, -0.25) is 4.79 Å². The Balaban J connectivity index is 1.69. The van der Waals surface area contributed by atoms with Gasteiger partial charge in [0.2, 0.25) is 0 Å². The first kappa shape index (κ1) is 13.3. The van der Waals surface area contributed by atoms with Gasteiger partial charge in [-0.25, -0.2) is 0 Å². The lowest BCUT2D eigenvalue weighted by molar-refractivity contribution is 0.0951. The molecule has 0 bridgehead atoms. The zero-order valence-electron chi connectivity index (χ0n) is 9.88. The number of carbonyl (C=O) groups excluding carboxylic acids is 1. The van der Waals surface area contributed by atoms with Gasteiger partial charge in [0, 0.05) is 11.9 Å². The number of hydrogen-bond donors (Lipinski definition) is 1. The van der Waals surface area contributed by atoms with Crippen LogP contribution in [-0.4, -0.2) is 12.5 Å². The molecule has 1 aliphatic rings. The largest absolute Gasteiger partial charge is 0.352 e. The summed E-state index contributed by atoms with van der Waals surface area (Å²) in [5.41, 5.74) is 0.808. The molecule has 1 aromatic rings. The van der Waals surface area contributed by atoms with E-state index in [1.807, 2.05) is 11.4 Å². The van der Waals surface area contributed by atoms with Crippen LogP contribution in [0.1, 0.15) is 48.9 Å². The SMILES string of the molecule is O=C(NCCC1CCCCC1)c1csc(I)c1. The zero-order valence-corrected chi connectivity index (χ0v) is 12.9. The van der Waals surface area contributed by atoms with Crippen molar-refractivity contribution < 1.29 is 4.79 Å². The average molecular weight is 363 g/mol. The molecule has 0 aromatic carbocycles. The Morgan fingerprint density at radius 3 is 2.82 bits per heavy atom. The fourth-order valence-corrected chi connectivity index (χ4v) is 3.72. The molecule has 1 aliphatic carbocycles. The number of thiophene rings is 1. The van der Waals surface area contributed by atoms with Crippen LogP contribution >= 0.6 is 33.9 Å². The van der Waals surface area contributed by atoms with E-state index in [4.69, 9.17) is 0 Å². The van der Waals surface area contributed by atoms with Gasteiger partial charge in [0.25, 0.3) is 5.91 Å². The number of hydrogen-bond acceptors (Lipinski definition) is 2. The third-order valence-electron chi connectivity index (χ3n) is 3.39. The molecular weight excluding hydrogens is 345 g/mol. The summed E-state index contributed by atoms with van der Waals surface area (Å²) in [7, 11) is 0. The van der Waals surface area contributed by atoms with Gasteiger partial charge in [0.1, 0.15) is 0 Å². The van der Waals surface area contributed by atoms with E-state index in [9.17, 15) is 4.79 Å². The van der Waals surface area contributed by atoms with Gasteiger partial charge in [-0.1, -0.05) is 32.1 Å². The molecule has 0 radical (unpaired) electrons. The maximum Gasteiger partial charge on any atom is 0.252 e. The highest BCUT2D eigenvalue weighted by atomic mass is 127. The molecule has 2 nitrogen and oxygen atoms in total. The van der Waals surface area contributed by atoms with Crippen molar-refractivity contribution in [3.63, 3.8) is 0 Å². The van der Waals surface area contributed by atoms with Crippen molar-refractivity contribution >= 4 is 39.8 Å². The summed E-state index contributed by atoms with van der Waals surface area (Å²) in [5, 5.41) is 4.95. The second kappa shape index (κ2) is 6.73. The zero-order chi connectivity index (χ0) is 12.1. The monoisotopic (exact) mass is 363 g/mol. The highest BCUT2D eigenvalue weighted by Gasteiger charge is 2.13. The summed E-state index contributed by atoms with van der Waals surface area (Å²) < 4.78 is 1.17. The molecule has 1 aromatic heterocycles. The average Bonchev–Trinajstić information content (AvgIpc) is 2.77. The minimum absolute atomic E-state index is 0.0833. The van der Waals surface area contributed by atoms with Crippen LogP contribution in [0.4, 0.5) is 0 Å². The maximum atomic E-state index is 11.8. The van der Waals surface area contributed by atoms with E-state index in [1.165, 1.54) is 35.0 Å². The first-order valence-electron chi connectivity index (χ1n) is 6.28. The van der Waals surface area contributed by atoms with Gasteiger partial charge in [-0.15, -0.1) is 11.3 Å². The van der Waals surface area contributed by atoms with Crippen molar-refractivity contribution in [3.8, 4) is 0 Å². The quantitative estimate of drug-likeness (QED) is 0.804. The lowest BCUT2D eigenvalue weighted by Gasteiger charge is -2.21. The smallest absolute Gasteiger partial charge is 0.252 e. The molecule has 1 N–H and O–H groups in total. The minimum atomic E-state index is 0.0833. The van der Waals surface area contributed by atoms with E-state index < -0.39 is 0 Å². The van der Waals surface area contributed by atoms with Crippen molar-refractivity contribution in [1.29, 1.82) is 0 Å². The molecule has 0 spiro atoms. The van der Waals surface area contributed by atoms with Gasteiger partial charge in [0.05, 0.1) is 8.45 Å². The second-order valence-electron chi connectivity index (χ2n) is 4.69. The molecule has 0 saturated heterocycles. The Labute approximate surface area is 120 Å². The number of carbonyl (C=O) groups is 1. The van der Waals surface area contributed by atoms with Gasteiger partial charge >= 0.3 is 0 Å². The standard InChI is InChI=1S/C13H18INOS/c14-12-8-11(9-17-12)13(16)15-7-6-10-4-2-1-3-5-10/h8-10H,1-7H2,(H,15,16). The van der Waals surface area contributed by atoms with Gasteiger partial charge in [0.15, 0.2) is 0 Å². The van der Waals surface area contributed by atoms with E-state index in [0.29, 0.717) is 0 Å². The summed E-state index contributed by atoms with van der Waals surface area (Å²) in [4.78, 5) is 11.8. The molecule has 0 atom stereocenters. The molecule has 94 valence electrons. The molecule has 17 heavy (non-hydrogen) atoms. The lowest BCUT2D eigenvalue weighted by atomic mass is 9.87. The normalized spacial score (nSPS) is 17.0. The molecule has 1 heterocycles. The van der Waals surface area contributed by atoms with E-state index in [-0.39, 0.29) is 5.91 Å². The Kier molecular flexibility index (Phi) is 5.28. The van der Waals surface area contributed by atoms with Crippen LogP contribution in [0.25, 0.3) is 0 Å². The molecule has 4 heteroatoms. The summed E-state index contributed by atoms with van der Waals surface area (Å²) in [6.45, 7) is 0.829. The highest BCUT2D eigenvalue weighted by molar-refractivity contribution is 14.1. The van der Waals surface area contributed by atoms with Crippen LogP contribution in [0.5, 0.6) is 0 Å². The molecule has 1 fully saturated rings. The predicted octanol–water partition coefficient (Wildman–Crippen LogP) is 4.05. The van der Waals surface area contributed by atoms with Crippen LogP contribution in [0.3, 0.4) is 0 Å². The lowest BCUT2D eigenvalue weighted by Crippen LogP contribution is -2.26. The van der Waals surface area contributed by atoms with Crippen LogP contribution in [-0.2, 0) is 0 Å². The summed E-state index contributed by atoms with van der Waals surface area (Å²) in [5.74, 6) is 0.923. The number of rotatable bonds is 4. The first-order chi connectivity index (χ1) is 8.25. The first-order valence-corrected chi connectivity index (χ1v) is 8.24. The summed E-state index contributed by atoms with van der Waals surface area (Å²) in [6, 6.07) is 1.95. The number of halogens is 1. The fourth-order valence-electron chi connectivity index (χ4n) is 2.40. The molecule has 0 unspecified atom stereocenters. The van der Waals surface area contributed by atoms with Crippen molar-refractivity contribution in [3.05, 3.63) is 19.9 Å². The van der Waals surface area contributed by atoms with Gasteiger partial charge < -0.3 is 5.32 Å². The number of nitrogens with one attached hydrogen (secondary N) is 1. The molecular formula is C13H18INOS. The van der Waals surface area contributed by atoms with Crippen molar-refractivity contribution in [2.45, 2.75) is 38.5 Å². The Bertz CT molecular complexity index is 371. The van der Waals surface area contributed by atoms with Crippen LogP contribution < -0.4 is 5.32 Å². The van der Waals surface area contributed by atoms with E-state index in [1.54, 1.807) is 11.3 Å². The van der Waals surface area contributed by atoms with Crippen LogP contribution in [0.15, 0.2) is 11.4 Å². The van der Waals surface area contributed by atoms with Crippen molar-refractivity contribution in [1.82, 2.24) is 5.32 Å². The van der Waals surface area contributed by atoms with Crippen molar-refractivity contribution in [2.75, 3.05) is 6.54 Å². The van der Waals surface area contributed by atoms with E-state index in [0.717, 1.165) is 24.4 Å². The van der Waals surface area contributed by atoms with Gasteiger partial charge in [-0.05, 0) is 41.0 Å². The molecule has 1 amide bonds. The fraction of sp³-hybridized carbons (Fsp3) is 0.615. The summed E-state index contributed by atoms with van der Waals surface area (Å²) in [6.07, 6.45) is 8.00. The number of amides is 1. The van der Waals surface area contributed by atoms with E-state index in [2.05, 4.69) is 27.9 Å². The highest BCUT2D eigenvalue weighted by Crippen LogP contribution is 2.25. The summed E-state index contributed by atoms with van der Waals surface area (Å²) >= 11 is 3.87. The molecule has 1 saturated carbocycles. The Morgan fingerprint density at radius 2 is 2.18 bits per heavy atom. The Hall–Kier alpha value is -0.100. The van der Waals surface area contributed by atoms with Crippen LogP contribution in [0, 0.1) is 8.80 Å². The Morgan fingerprint density at radius 1 is 1.41 bits per heavy atom. The van der Waals surface area contributed by atoms with E-state index >= 15 is 0 Å². The topological polar surface area (TPSA) is 29.1 Å². The minimum Gasteiger partial charge on any atom is -0.352 e. The third-order valence-corrected chi connectivity index (χ3v) is 5.18.